The first kappa shape index (κ1) is 24.8. The molecule has 3 aromatic heterocycles. The molecule has 6 nitrogen and oxygen atoms in total. The first-order valence-electron chi connectivity index (χ1n) is 12.6. The van der Waals surface area contributed by atoms with E-state index in [-0.39, 0.29) is 5.41 Å². The maximum absolute atomic E-state index is 4.95. The van der Waals surface area contributed by atoms with E-state index in [1.54, 1.807) is 0 Å². The molecule has 0 radical (unpaired) electrons. The van der Waals surface area contributed by atoms with Crippen LogP contribution in [0.5, 0.6) is 0 Å². The Morgan fingerprint density at radius 2 is 2.00 bits per heavy atom. The summed E-state index contributed by atoms with van der Waals surface area (Å²) in [5, 5.41) is 0. The minimum Gasteiger partial charge on any atom is -0.352 e. The molecule has 0 aromatic carbocycles. The number of fused-ring (bicyclic) bond motifs is 2. The number of rotatable bonds is 7. The van der Waals surface area contributed by atoms with Gasteiger partial charge in [0.2, 0.25) is 0 Å². The van der Waals surface area contributed by atoms with Crippen molar-refractivity contribution in [3.05, 3.63) is 70.6 Å². The Hall–Kier alpha value is -3.28. The minimum absolute atomic E-state index is 0.265. The summed E-state index contributed by atoms with van der Waals surface area (Å²) in [5.74, 6) is 2.80. The average Bonchev–Trinajstić information content (AvgIpc) is 3.18. The van der Waals surface area contributed by atoms with Crippen molar-refractivity contribution in [2.24, 2.45) is 5.41 Å². The number of pyridine rings is 1. The second-order valence-corrected chi connectivity index (χ2v) is 10.5. The van der Waals surface area contributed by atoms with Crippen LogP contribution in [-0.2, 0) is 12.8 Å². The molecule has 3 aromatic rings. The van der Waals surface area contributed by atoms with Crippen molar-refractivity contribution in [2.75, 3.05) is 18.0 Å². The number of nitrogens with one attached hydrogen (secondary N) is 1. The highest BCUT2D eigenvalue weighted by Gasteiger charge is 2.30. The number of nitrogens with zero attached hydrogens (tertiary/aromatic N) is 5. The molecule has 0 bridgehead atoms. The van der Waals surface area contributed by atoms with E-state index in [0.717, 1.165) is 77.7 Å². The lowest BCUT2D eigenvalue weighted by molar-refractivity contribution is 0.311. The fraction of sp³-hybridized carbons (Fsp3) is 0.448. The maximum atomic E-state index is 4.95. The van der Waals surface area contributed by atoms with Crippen LogP contribution in [0.25, 0.3) is 16.7 Å². The lowest BCUT2D eigenvalue weighted by Gasteiger charge is -2.34. The summed E-state index contributed by atoms with van der Waals surface area (Å²) >= 11 is 0. The molecule has 1 N–H and O–H groups in total. The van der Waals surface area contributed by atoms with Gasteiger partial charge < -0.3 is 9.88 Å². The number of aryl methyl sites for hydroxylation is 3. The third-order valence-electron chi connectivity index (χ3n) is 6.90. The monoisotopic (exact) mass is 470 g/mol. The van der Waals surface area contributed by atoms with Crippen LogP contribution in [0.2, 0.25) is 0 Å². The van der Waals surface area contributed by atoms with Gasteiger partial charge in [-0.2, -0.15) is 0 Å². The van der Waals surface area contributed by atoms with Gasteiger partial charge in [-0.25, -0.2) is 19.9 Å². The normalized spacial score (nSPS) is 15.9. The van der Waals surface area contributed by atoms with E-state index in [4.69, 9.17) is 9.97 Å². The Morgan fingerprint density at radius 1 is 1.23 bits per heavy atom. The van der Waals surface area contributed by atoms with Crippen LogP contribution >= 0.6 is 0 Å². The van der Waals surface area contributed by atoms with Crippen molar-refractivity contribution in [1.82, 2.24) is 24.9 Å². The first-order chi connectivity index (χ1) is 16.6. The number of anilines is 1. The summed E-state index contributed by atoms with van der Waals surface area (Å²) < 4.78 is 0. The number of aromatic nitrogens is 5. The third-order valence-corrected chi connectivity index (χ3v) is 6.90. The standard InChI is InChI=1S/C29H38N6/c1-9-21(22-14-26-27(30-16-22)33-19(5)32-26)13-23(18(3)4)17-35(10-2)28-24-15-29(7,8)12-11-25(24)31-20(6)34-28/h9,13-14,16H,3,10-12,15,17H2,1-2,4-8H3,(H,30,32,33). The van der Waals surface area contributed by atoms with E-state index >= 15 is 0 Å². The molecular weight excluding hydrogens is 432 g/mol. The molecule has 6 heteroatoms. The minimum atomic E-state index is 0.265. The third kappa shape index (κ3) is 5.37. The highest BCUT2D eigenvalue weighted by molar-refractivity contribution is 5.81. The van der Waals surface area contributed by atoms with Crippen LogP contribution in [0.4, 0.5) is 5.82 Å². The smallest absolute Gasteiger partial charge is 0.177 e. The van der Waals surface area contributed by atoms with Crippen LogP contribution in [0.1, 0.15) is 69.5 Å². The van der Waals surface area contributed by atoms with E-state index in [2.05, 4.69) is 79.3 Å². The van der Waals surface area contributed by atoms with Crippen molar-refractivity contribution < 1.29 is 0 Å². The zero-order chi connectivity index (χ0) is 25.3. The van der Waals surface area contributed by atoms with Crippen molar-refractivity contribution in [3.63, 3.8) is 0 Å². The second kappa shape index (κ2) is 9.76. The Kier molecular flexibility index (Phi) is 6.93. The highest BCUT2D eigenvalue weighted by Crippen LogP contribution is 2.38. The summed E-state index contributed by atoms with van der Waals surface area (Å²) in [4.78, 5) is 24.4. The van der Waals surface area contributed by atoms with Gasteiger partial charge in [0.15, 0.2) is 5.65 Å². The molecule has 3 heterocycles. The zero-order valence-electron chi connectivity index (χ0n) is 22.3. The Morgan fingerprint density at radius 3 is 2.69 bits per heavy atom. The number of hydrogen-bond donors (Lipinski definition) is 1. The van der Waals surface area contributed by atoms with Crippen LogP contribution < -0.4 is 4.90 Å². The largest absolute Gasteiger partial charge is 0.352 e. The lowest BCUT2D eigenvalue weighted by atomic mass is 9.76. The van der Waals surface area contributed by atoms with E-state index in [1.807, 2.05) is 20.0 Å². The van der Waals surface area contributed by atoms with Crippen LogP contribution in [0.15, 0.2) is 42.1 Å². The molecular formula is C29H38N6. The maximum Gasteiger partial charge on any atom is 0.177 e. The van der Waals surface area contributed by atoms with E-state index in [0.29, 0.717) is 0 Å². The van der Waals surface area contributed by atoms with Gasteiger partial charge >= 0.3 is 0 Å². The van der Waals surface area contributed by atoms with Crippen molar-refractivity contribution in [2.45, 2.75) is 67.7 Å². The molecule has 4 rings (SSSR count). The second-order valence-electron chi connectivity index (χ2n) is 10.5. The highest BCUT2D eigenvalue weighted by atomic mass is 15.2. The number of imidazole rings is 1. The van der Waals surface area contributed by atoms with E-state index < -0.39 is 0 Å². The molecule has 1 aliphatic rings. The van der Waals surface area contributed by atoms with Gasteiger partial charge in [0.05, 0.1) is 5.52 Å². The number of allylic oxidation sites excluding steroid dienone is 3. The van der Waals surface area contributed by atoms with Gasteiger partial charge in [-0.15, -0.1) is 0 Å². The fourth-order valence-corrected chi connectivity index (χ4v) is 4.86. The van der Waals surface area contributed by atoms with Gasteiger partial charge in [-0.05, 0) is 82.6 Å². The van der Waals surface area contributed by atoms with Gasteiger partial charge in [-0.3, -0.25) is 0 Å². The lowest BCUT2D eigenvalue weighted by Crippen LogP contribution is -2.32. The molecule has 0 amide bonds. The van der Waals surface area contributed by atoms with Gasteiger partial charge in [0.25, 0.3) is 0 Å². The van der Waals surface area contributed by atoms with E-state index in [1.165, 1.54) is 16.8 Å². The predicted molar refractivity (Wildman–Crippen MR) is 146 cm³/mol. The van der Waals surface area contributed by atoms with Crippen LogP contribution in [0, 0.1) is 19.3 Å². The summed E-state index contributed by atoms with van der Waals surface area (Å²) in [7, 11) is 0. The summed E-state index contributed by atoms with van der Waals surface area (Å²) in [6, 6.07) is 2.12. The Balaban J connectivity index is 1.70. The van der Waals surface area contributed by atoms with Crippen molar-refractivity contribution in [3.8, 4) is 0 Å². The zero-order valence-corrected chi connectivity index (χ0v) is 22.3. The van der Waals surface area contributed by atoms with Crippen LogP contribution in [0.3, 0.4) is 0 Å². The fourth-order valence-electron chi connectivity index (χ4n) is 4.86. The predicted octanol–water partition coefficient (Wildman–Crippen LogP) is 6.31. The molecule has 0 saturated carbocycles. The number of hydrogen-bond acceptors (Lipinski definition) is 5. The number of likely N-dealkylation sites (N-methyl/N-ethyl adjacent to an activating group) is 1. The molecule has 35 heavy (non-hydrogen) atoms. The summed E-state index contributed by atoms with van der Waals surface area (Å²) in [6.07, 6.45) is 9.46. The van der Waals surface area contributed by atoms with Crippen molar-refractivity contribution in [1.29, 1.82) is 0 Å². The number of aromatic amines is 1. The molecule has 0 aliphatic heterocycles. The molecule has 0 fully saturated rings. The van der Waals surface area contributed by atoms with Crippen molar-refractivity contribution >= 4 is 22.6 Å². The van der Waals surface area contributed by atoms with E-state index in [9.17, 15) is 0 Å². The average molecular weight is 471 g/mol. The first-order valence-corrected chi connectivity index (χ1v) is 12.6. The molecule has 184 valence electrons. The molecule has 0 atom stereocenters. The summed E-state index contributed by atoms with van der Waals surface area (Å²) in [6.45, 7) is 20.9. The SMILES string of the molecule is C=C(C)C(=CC(=CC)c1cnc2nc(C)[nH]c2c1)CN(CC)c1nc(C)nc2c1CC(C)(C)CC2. The topological polar surface area (TPSA) is 70.6 Å². The van der Waals surface area contributed by atoms with Gasteiger partial charge in [0, 0.05) is 36.1 Å². The Bertz CT molecular complexity index is 1320. The molecule has 0 spiro atoms. The van der Waals surface area contributed by atoms with Crippen LogP contribution in [-0.4, -0.2) is 38.0 Å². The summed E-state index contributed by atoms with van der Waals surface area (Å²) in [5.41, 5.74) is 8.89. The quantitative estimate of drug-likeness (QED) is 0.410. The van der Waals surface area contributed by atoms with Gasteiger partial charge in [0.1, 0.15) is 17.5 Å². The number of H-pyrrole nitrogens is 1. The molecule has 0 unspecified atom stereocenters. The molecule has 0 saturated heterocycles. The van der Waals surface area contributed by atoms with Gasteiger partial charge in [-0.1, -0.05) is 32.1 Å². The Labute approximate surface area is 209 Å². The molecule has 1 aliphatic carbocycles.